The summed E-state index contributed by atoms with van der Waals surface area (Å²) in [6.45, 7) is 2.24. The number of anilines is 2. The molecule has 1 aliphatic rings. The largest absolute Gasteiger partial charge is 0.508 e. The Balaban J connectivity index is 1.27. The third-order valence-electron chi connectivity index (χ3n) is 8.10. The molecule has 0 saturated carbocycles. The number of benzene rings is 5. The van der Waals surface area contributed by atoms with E-state index in [2.05, 4.69) is 144 Å². The van der Waals surface area contributed by atoms with E-state index in [-0.39, 0.29) is 11.3 Å². The van der Waals surface area contributed by atoms with Crippen molar-refractivity contribution < 1.29 is 5.11 Å². The average molecular weight is 523 g/mol. The van der Waals surface area contributed by atoms with Crippen LogP contribution in [-0.2, 0) is 5.54 Å². The summed E-state index contributed by atoms with van der Waals surface area (Å²) < 4.78 is 2.26. The van der Waals surface area contributed by atoms with E-state index < -0.39 is 0 Å². The van der Waals surface area contributed by atoms with Gasteiger partial charge in [-0.05, 0) is 72.0 Å². The molecule has 7 rings (SSSR count). The molecule has 1 atom stereocenters. The zero-order valence-electron chi connectivity index (χ0n) is 22.5. The molecule has 0 bridgehead atoms. The van der Waals surface area contributed by atoms with Crippen LogP contribution in [0.1, 0.15) is 18.1 Å². The number of hydrogen-bond acceptors (Lipinski definition) is 4. The predicted molar refractivity (Wildman–Crippen MR) is 166 cm³/mol. The molecule has 1 aromatic heterocycles. The van der Waals surface area contributed by atoms with Crippen LogP contribution in [0, 0.1) is 0 Å². The van der Waals surface area contributed by atoms with Gasteiger partial charge in [0.1, 0.15) is 5.75 Å². The van der Waals surface area contributed by atoms with Crippen molar-refractivity contribution in [2.24, 2.45) is 0 Å². The lowest BCUT2D eigenvalue weighted by molar-refractivity contribution is 0.476. The number of hydrazine groups is 1. The molecule has 0 saturated heterocycles. The molecule has 0 radical (unpaired) electrons. The second-order valence-corrected chi connectivity index (χ2v) is 10.5. The number of phenols is 1. The molecule has 5 nitrogen and oxygen atoms in total. The highest BCUT2D eigenvalue weighted by atomic mass is 16.3. The van der Waals surface area contributed by atoms with Crippen molar-refractivity contribution in [3.05, 3.63) is 137 Å². The summed E-state index contributed by atoms with van der Waals surface area (Å²) in [5.41, 5.74) is 11.8. The van der Waals surface area contributed by atoms with Crippen LogP contribution >= 0.6 is 0 Å². The SMILES string of the molecule is CN1n2c(/c(=C\c3ccc(NNc4cccc5ccccc45)cc3)c3cc(O)ccc32)=CC1(C)c1ccccc1. The van der Waals surface area contributed by atoms with Crippen molar-refractivity contribution in [3.63, 3.8) is 0 Å². The van der Waals surface area contributed by atoms with Crippen LogP contribution in [0.25, 0.3) is 33.8 Å². The molecular weight excluding hydrogens is 492 g/mol. The molecule has 0 amide bonds. The maximum absolute atomic E-state index is 10.4. The molecule has 6 aromatic rings. The molecule has 40 heavy (non-hydrogen) atoms. The Kier molecular flexibility index (Phi) is 5.53. The summed E-state index contributed by atoms with van der Waals surface area (Å²) >= 11 is 0. The minimum atomic E-state index is -0.299. The first-order chi connectivity index (χ1) is 19.5. The fourth-order valence-corrected chi connectivity index (χ4v) is 5.84. The van der Waals surface area contributed by atoms with Crippen LogP contribution in [0.4, 0.5) is 11.4 Å². The van der Waals surface area contributed by atoms with E-state index in [0.29, 0.717) is 0 Å². The quantitative estimate of drug-likeness (QED) is 0.242. The van der Waals surface area contributed by atoms with Crippen molar-refractivity contribution >= 4 is 45.2 Å². The van der Waals surface area contributed by atoms with E-state index in [1.54, 1.807) is 6.07 Å². The van der Waals surface area contributed by atoms with Gasteiger partial charge < -0.3 is 21.0 Å². The topological polar surface area (TPSA) is 52.5 Å². The first kappa shape index (κ1) is 23.9. The first-order valence-corrected chi connectivity index (χ1v) is 13.5. The molecule has 1 aliphatic heterocycles. The number of aromatic hydroxyl groups is 1. The Labute approximate surface area is 232 Å². The van der Waals surface area contributed by atoms with Gasteiger partial charge >= 0.3 is 0 Å². The third kappa shape index (κ3) is 3.86. The van der Waals surface area contributed by atoms with Gasteiger partial charge in [-0.3, -0.25) is 4.68 Å². The van der Waals surface area contributed by atoms with Gasteiger partial charge in [-0.25, -0.2) is 0 Å². The van der Waals surface area contributed by atoms with Gasteiger partial charge in [-0.2, -0.15) is 0 Å². The number of nitrogens with zero attached hydrogens (tertiary/aromatic N) is 2. The minimum Gasteiger partial charge on any atom is -0.508 e. The molecule has 0 spiro atoms. The highest BCUT2D eigenvalue weighted by molar-refractivity contribution is 5.94. The number of phenolic OH excluding ortho intramolecular Hbond substituents is 1. The van der Waals surface area contributed by atoms with Crippen molar-refractivity contribution in [1.82, 2.24) is 4.68 Å². The van der Waals surface area contributed by atoms with E-state index in [0.717, 1.165) is 38.4 Å². The smallest absolute Gasteiger partial charge is 0.116 e. The molecule has 3 N–H and O–H groups in total. The summed E-state index contributed by atoms with van der Waals surface area (Å²) in [5.74, 6) is 0.263. The second-order valence-electron chi connectivity index (χ2n) is 10.5. The second kappa shape index (κ2) is 9.24. The monoisotopic (exact) mass is 522 g/mol. The van der Waals surface area contributed by atoms with Crippen molar-refractivity contribution in [1.29, 1.82) is 0 Å². The zero-order valence-corrected chi connectivity index (χ0v) is 22.5. The molecule has 0 fully saturated rings. The molecule has 5 aromatic carbocycles. The Bertz CT molecular complexity index is 1990. The Morgan fingerprint density at radius 3 is 2.33 bits per heavy atom. The van der Waals surface area contributed by atoms with Crippen molar-refractivity contribution in [2.75, 3.05) is 22.9 Å². The summed E-state index contributed by atoms with van der Waals surface area (Å²) in [6, 6.07) is 39.1. The highest BCUT2D eigenvalue weighted by Crippen LogP contribution is 2.32. The first-order valence-electron chi connectivity index (χ1n) is 13.5. The number of nitrogens with one attached hydrogen (secondary N) is 2. The normalized spacial score (nSPS) is 16.8. The van der Waals surface area contributed by atoms with Crippen LogP contribution < -0.4 is 26.4 Å². The molecule has 196 valence electrons. The van der Waals surface area contributed by atoms with Gasteiger partial charge in [0.2, 0.25) is 0 Å². The lowest BCUT2D eigenvalue weighted by Gasteiger charge is -2.35. The van der Waals surface area contributed by atoms with E-state index in [4.69, 9.17) is 0 Å². The molecular formula is C35H30N4O. The number of rotatable bonds is 5. The van der Waals surface area contributed by atoms with E-state index in [9.17, 15) is 5.11 Å². The molecule has 5 heteroatoms. The maximum atomic E-state index is 10.4. The van der Waals surface area contributed by atoms with Crippen LogP contribution in [0.5, 0.6) is 5.75 Å². The lowest BCUT2D eigenvalue weighted by Crippen LogP contribution is -2.44. The van der Waals surface area contributed by atoms with Gasteiger partial charge in [-0.15, -0.1) is 0 Å². The number of hydrogen-bond donors (Lipinski definition) is 3. The fourth-order valence-electron chi connectivity index (χ4n) is 5.84. The standard InChI is InChI=1S/C35H30N4O/c1-35(26-11-4-3-5-12-26)23-34-30(31-22-28(40)19-20-33(31)39(34)38(35)2)21-24-15-17-27(18-16-24)36-37-32-14-8-10-25-9-6-7-13-29(25)32/h3-23,36-37,40H,1-2H3/b30-21-. The zero-order chi connectivity index (χ0) is 27.3. The molecule has 0 aliphatic carbocycles. The van der Waals surface area contributed by atoms with Gasteiger partial charge in [-0.1, -0.05) is 78.9 Å². The van der Waals surface area contributed by atoms with E-state index >= 15 is 0 Å². The maximum Gasteiger partial charge on any atom is 0.116 e. The lowest BCUT2D eigenvalue weighted by atomic mass is 9.91. The minimum absolute atomic E-state index is 0.263. The highest BCUT2D eigenvalue weighted by Gasteiger charge is 2.35. The van der Waals surface area contributed by atoms with E-state index in [1.807, 2.05) is 12.1 Å². The van der Waals surface area contributed by atoms with Crippen LogP contribution in [0.15, 0.2) is 115 Å². The fraction of sp³-hybridized carbons (Fsp3) is 0.0857. The van der Waals surface area contributed by atoms with Gasteiger partial charge in [0.15, 0.2) is 0 Å². The summed E-state index contributed by atoms with van der Waals surface area (Å²) in [6.07, 6.45) is 4.53. The average Bonchev–Trinajstić information content (AvgIpc) is 3.43. The van der Waals surface area contributed by atoms with Crippen molar-refractivity contribution in [3.8, 4) is 5.75 Å². The molecule has 1 unspecified atom stereocenters. The summed E-state index contributed by atoms with van der Waals surface area (Å²) in [7, 11) is 2.12. The summed E-state index contributed by atoms with van der Waals surface area (Å²) in [5, 5.41) is 18.2. The van der Waals surface area contributed by atoms with Crippen molar-refractivity contribution in [2.45, 2.75) is 12.5 Å². The van der Waals surface area contributed by atoms with Crippen LogP contribution in [-0.4, -0.2) is 16.8 Å². The third-order valence-corrected chi connectivity index (χ3v) is 8.10. The van der Waals surface area contributed by atoms with Gasteiger partial charge in [0, 0.05) is 23.0 Å². The number of aromatic nitrogens is 1. The molecule has 2 heterocycles. The Morgan fingerprint density at radius 2 is 1.50 bits per heavy atom. The van der Waals surface area contributed by atoms with Gasteiger partial charge in [0.05, 0.1) is 27.8 Å². The van der Waals surface area contributed by atoms with E-state index in [1.165, 1.54) is 16.3 Å². The predicted octanol–water partition coefficient (Wildman–Crippen LogP) is 6.05. The van der Waals surface area contributed by atoms with Crippen LogP contribution in [0.3, 0.4) is 0 Å². The summed E-state index contributed by atoms with van der Waals surface area (Å²) in [4.78, 5) is 0. The Hall–Kier alpha value is -5.16. The van der Waals surface area contributed by atoms with Gasteiger partial charge in [0.25, 0.3) is 0 Å². The van der Waals surface area contributed by atoms with Crippen LogP contribution in [0.2, 0.25) is 0 Å². The Morgan fingerprint density at radius 1 is 0.750 bits per heavy atom. The number of fused-ring (bicyclic) bond motifs is 4.